The lowest BCUT2D eigenvalue weighted by atomic mass is 10.1. The van der Waals surface area contributed by atoms with Crippen molar-refractivity contribution < 1.29 is 4.79 Å². The first-order chi connectivity index (χ1) is 10.6. The normalized spacial score (nSPS) is 11.8. The molecule has 3 aromatic rings. The van der Waals surface area contributed by atoms with E-state index in [1.54, 1.807) is 22.7 Å². The van der Waals surface area contributed by atoms with Crippen LogP contribution in [0.5, 0.6) is 0 Å². The van der Waals surface area contributed by atoms with E-state index in [-0.39, 0.29) is 5.91 Å². The zero-order valence-corrected chi connectivity index (χ0v) is 17.1. The van der Waals surface area contributed by atoms with Gasteiger partial charge in [-0.1, -0.05) is 32.6 Å². The van der Waals surface area contributed by atoms with E-state index in [4.69, 9.17) is 0 Å². The molecule has 0 atom stereocenters. The Kier molecular flexibility index (Phi) is 5.43. The van der Waals surface area contributed by atoms with E-state index >= 15 is 0 Å². The maximum Gasteiger partial charge on any atom is 0.231 e. The van der Waals surface area contributed by atoms with Crippen molar-refractivity contribution in [3.63, 3.8) is 0 Å². The Bertz CT molecular complexity index is 761. The van der Waals surface area contributed by atoms with Crippen molar-refractivity contribution in [2.75, 3.05) is 0 Å². The van der Waals surface area contributed by atoms with E-state index in [9.17, 15) is 4.79 Å². The van der Waals surface area contributed by atoms with Gasteiger partial charge >= 0.3 is 0 Å². The van der Waals surface area contributed by atoms with E-state index < -0.39 is 0 Å². The summed E-state index contributed by atoms with van der Waals surface area (Å²) >= 11 is 10.5. The molecular formula is C16H17Br2NOS2. The van der Waals surface area contributed by atoms with Crippen molar-refractivity contribution >= 4 is 80.9 Å². The van der Waals surface area contributed by atoms with Gasteiger partial charge in [0.1, 0.15) is 0 Å². The Morgan fingerprint density at radius 2 is 1.55 bits per heavy atom. The summed E-state index contributed by atoms with van der Waals surface area (Å²) < 4.78 is 6.48. The highest BCUT2D eigenvalue weighted by Crippen LogP contribution is 2.43. The third kappa shape index (κ3) is 3.21. The van der Waals surface area contributed by atoms with Crippen LogP contribution in [-0.4, -0.2) is 10.5 Å². The number of nitrogens with zero attached hydrogens (tertiary/aromatic N) is 1. The summed E-state index contributed by atoms with van der Waals surface area (Å²) in [5.41, 5.74) is 2.09. The van der Waals surface area contributed by atoms with Crippen molar-refractivity contribution in [1.29, 1.82) is 0 Å². The summed E-state index contributed by atoms with van der Waals surface area (Å²) in [5, 5.41) is 0. The highest BCUT2D eigenvalue weighted by Gasteiger charge is 2.20. The Hall–Kier alpha value is -0.170. The molecule has 2 nitrogen and oxygen atoms in total. The van der Waals surface area contributed by atoms with Gasteiger partial charge in [-0.05, 0) is 50.4 Å². The molecule has 0 N–H and O–H groups in total. The fraction of sp³-hybridized carbons (Fsp3) is 0.438. The zero-order chi connectivity index (χ0) is 15.7. The number of thiophene rings is 2. The average molecular weight is 463 g/mol. The average Bonchev–Trinajstić information content (AvgIpc) is 3.08. The molecule has 0 saturated carbocycles. The van der Waals surface area contributed by atoms with Crippen LogP contribution in [0.4, 0.5) is 0 Å². The van der Waals surface area contributed by atoms with Gasteiger partial charge in [0.25, 0.3) is 0 Å². The quantitative estimate of drug-likeness (QED) is 0.348. The van der Waals surface area contributed by atoms with Gasteiger partial charge in [0.2, 0.25) is 5.91 Å². The van der Waals surface area contributed by atoms with Gasteiger partial charge in [0.15, 0.2) is 0 Å². The van der Waals surface area contributed by atoms with Crippen LogP contribution in [0.3, 0.4) is 0 Å². The minimum Gasteiger partial charge on any atom is -0.278 e. The SMILES string of the molecule is CCCCCCCC(=O)n1c2cc(Br)sc2c2sc(Br)cc21. The Morgan fingerprint density at radius 1 is 1.00 bits per heavy atom. The van der Waals surface area contributed by atoms with E-state index in [0.717, 1.165) is 31.4 Å². The second kappa shape index (κ2) is 7.16. The van der Waals surface area contributed by atoms with Crippen molar-refractivity contribution in [2.24, 2.45) is 0 Å². The van der Waals surface area contributed by atoms with Crippen LogP contribution in [0.15, 0.2) is 19.7 Å². The first-order valence-corrected chi connectivity index (χ1v) is 10.8. The molecule has 0 aliphatic heterocycles. The van der Waals surface area contributed by atoms with Gasteiger partial charge < -0.3 is 0 Å². The number of hydrogen-bond donors (Lipinski definition) is 0. The van der Waals surface area contributed by atoms with Crippen LogP contribution in [0, 0.1) is 0 Å². The minimum absolute atomic E-state index is 0.215. The molecule has 0 aliphatic rings. The molecule has 22 heavy (non-hydrogen) atoms. The molecule has 0 fully saturated rings. The monoisotopic (exact) mass is 461 g/mol. The molecule has 118 valence electrons. The zero-order valence-electron chi connectivity index (χ0n) is 12.3. The van der Waals surface area contributed by atoms with E-state index in [0.29, 0.717) is 6.42 Å². The van der Waals surface area contributed by atoms with E-state index in [1.165, 1.54) is 28.7 Å². The lowest BCUT2D eigenvalue weighted by molar-refractivity contribution is 0.0909. The second-order valence-electron chi connectivity index (χ2n) is 5.42. The van der Waals surface area contributed by atoms with Crippen molar-refractivity contribution in [2.45, 2.75) is 45.4 Å². The van der Waals surface area contributed by atoms with Gasteiger partial charge in [-0.2, -0.15) is 0 Å². The molecule has 0 radical (unpaired) electrons. The molecule has 3 heterocycles. The smallest absolute Gasteiger partial charge is 0.231 e. The maximum absolute atomic E-state index is 12.7. The summed E-state index contributed by atoms with van der Waals surface area (Å²) in [6, 6.07) is 4.13. The number of halogens is 2. The summed E-state index contributed by atoms with van der Waals surface area (Å²) in [7, 11) is 0. The van der Waals surface area contributed by atoms with E-state index in [2.05, 4.69) is 50.9 Å². The largest absolute Gasteiger partial charge is 0.278 e. The molecule has 3 aromatic heterocycles. The highest BCUT2D eigenvalue weighted by molar-refractivity contribution is 9.11. The van der Waals surface area contributed by atoms with Crippen molar-refractivity contribution in [3.05, 3.63) is 19.7 Å². The first-order valence-electron chi connectivity index (χ1n) is 7.53. The Morgan fingerprint density at radius 3 is 2.09 bits per heavy atom. The fourth-order valence-electron chi connectivity index (χ4n) is 2.75. The highest BCUT2D eigenvalue weighted by atomic mass is 79.9. The second-order valence-corrected chi connectivity index (χ2v) is 10.3. The number of unbranched alkanes of at least 4 members (excludes halogenated alkanes) is 4. The van der Waals surface area contributed by atoms with Gasteiger partial charge in [0.05, 0.1) is 28.0 Å². The third-order valence-corrected chi connectivity index (χ3v) is 7.22. The van der Waals surface area contributed by atoms with Gasteiger partial charge in [-0.15, -0.1) is 22.7 Å². The molecule has 0 aromatic carbocycles. The summed E-state index contributed by atoms with van der Waals surface area (Å²) in [6.45, 7) is 2.21. The lowest BCUT2D eigenvalue weighted by Gasteiger charge is -2.04. The number of carbonyl (C=O) groups excluding carboxylic acids is 1. The van der Waals surface area contributed by atoms with E-state index in [1.807, 2.05) is 4.57 Å². The van der Waals surface area contributed by atoms with Gasteiger partial charge in [0, 0.05) is 6.42 Å². The Balaban J connectivity index is 1.88. The lowest BCUT2D eigenvalue weighted by Crippen LogP contribution is -2.09. The summed E-state index contributed by atoms with van der Waals surface area (Å²) in [6.07, 6.45) is 6.49. The molecule has 0 aliphatic carbocycles. The van der Waals surface area contributed by atoms with Crippen molar-refractivity contribution in [3.8, 4) is 0 Å². The predicted molar refractivity (Wildman–Crippen MR) is 105 cm³/mol. The minimum atomic E-state index is 0.215. The number of carbonyl (C=O) groups is 1. The molecule has 0 saturated heterocycles. The van der Waals surface area contributed by atoms with Crippen molar-refractivity contribution in [1.82, 2.24) is 4.57 Å². The predicted octanol–water partition coefficient (Wildman–Crippen LogP) is 7.44. The molecular weight excluding hydrogens is 446 g/mol. The molecule has 0 bridgehead atoms. The van der Waals surface area contributed by atoms with Gasteiger partial charge in [-0.3, -0.25) is 9.36 Å². The first kappa shape index (κ1) is 16.7. The Labute approximate surface area is 154 Å². The molecule has 0 spiro atoms. The van der Waals surface area contributed by atoms with Crippen LogP contribution >= 0.6 is 54.5 Å². The van der Waals surface area contributed by atoms with Crippen LogP contribution in [0.1, 0.15) is 50.2 Å². The summed E-state index contributed by atoms with van der Waals surface area (Å²) in [5.74, 6) is 0.215. The molecule has 0 amide bonds. The molecule has 3 rings (SSSR count). The van der Waals surface area contributed by atoms with Crippen LogP contribution in [0.25, 0.3) is 20.4 Å². The van der Waals surface area contributed by atoms with Crippen LogP contribution in [-0.2, 0) is 0 Å². The van der Waals surface area contributed by atoms with Crippen LogP contribution in [0.2, 0.25) is 0 Å². The molecule has 6 heteroatoms. The summed E-state index contributed by atoms with van der Waals surface area (Å²) in [4.78, 5) is 12.7. The molecule has 0 unspecified atom stereocenters. The maximum atomic E-state index is 12.7. The standard InChI is InChI=1S/C16H17Br2NOS2/c1-2-3-4-5-6-7-14(20)19-10-8-12(17)21-15(10)16-11(19)9-13(18)22-16/h8-9H,2-7H2,1H3. The number of rotatable bonds is 6. The number of fused-ring (bicyclic) bond motifs is 3. The fourth-order valence-corrected chi connectivity index (χ4v) is 6.04. The van der Waals surface area contributed by atoms with Gasteiger partial charge in [-0.25, -0.2) is 0 Å². The topological polar surface area (TPSA) is 22.0 Å². The number of aromatic nitrogens is 1. The third-order valence-electron chi connectivity index (χ3n) is 3.80. The number of hydrogen-bond acceptors (Lipinski definition) is 3. The van der Waals surface area contributed by atoms with Crippen LogP contribution < -0.4 is 0 Å².